The highest BCUT2D eigenvalue weighted by atomic mass is 19.4. The van der Waals surface area contributed by atoms with Crippen LogP contribution in [0.2, 0.25) is 0 Å². The number of carbonyl (C=O) groups excluding carboxylic acids is 1. The molecule has 0 aliphatic carbocycles. The van der Waals surface area contributed by atoms with E-state index in [4.69, 9.17) is 5.26 Å². The summed E-state index contributed by atoms with van der Waals surface area (Å²) in [4.78, 5) is 11.5. The van der Waals surface area contributed by atoms with E-state index in [0.717, 1.165) is 0 Å². The molecule has 8 heteroatoms. The fraction of sp³-hybridized carbons (Fsp3) is 0.727. The second-order valence-corrected chi connectivity index (χ2v) is 4.80. The van der Waals surface area contributed by atoms with Gasteiger partial charge in [-0.2, -0.15) is 28.5 Å². The average Bonchev–Trinajstić information content (AvgIpc) is 2.55. The molecule has 0 unspecified atom stereocenters. The van der Waals surface area contributed by atoms with Crippen LogP contribution in [0.4, 0.5) is 13.2 Å². The maximum absolute atomic E-state index is 12.9. The monoisotopic (exact) mass is 277 g/mol. The van der Waals surface area contributed by atoms with E-state index in [-0.39, 0.29) is 23.1 Å². The molecule has 0 saturated heterocycles. The molecule has 0 aromatic heterocycles. The third-order valence-electron chi connectivity index (χ3n) is 2.61. The minimum atomic E-state index is -5.03. The number of hydrogen-bond acceptors (Lipinski definition) is 4. The smallest absolute Gasteiger partial charge is 0.362 e. The lowest BCUT2D eigenvalue weighted by Gasteiger charge is -2.32. The van der Waals surface area contributed by atoms with Gasteiger partial charge in [-0.1, -0.05) is 13.8 Å². The minimum absolute atomic E-state index is 0.00602. The average molecular weight is 277 g/mol. The van der Waals surface area contributed by atoms with Gasteiger partial charge in [0, 0.05) is 12.1 Å². The zero-order chi connectivity index (χ0) is 14.8. The van der Waals surface area contributed by atoms with Crippen LogP contribution in [0.1, 0.15) is 33.1 Å². The van der Waals surface area contributed by atoms with Crippen LogP contribution >= 0.6 is 0 Å². The van der Waals surface area contributed by atoms with Gasteiger partial charge in [0.2, 0.25) is 0 Å². The molecule has 0 bridgehead atoms. The van der Waals surface area contributed by atoms with Crippen molar-refractivity contribution in [2.45, 2.75) is 45.0 Å². The Balaban J connectivity index is 3.07. The van der Waals surface area contributed by atoms with Crippen molar-refractivity contribution in [1.82, 2.24) is 5.01 Å². The Hall–Kier alpha value is -1.62. The fourth-order valence-electron chi connectivity index (χ4n) is 1.83. The number of carbonyl (C=O) groups is 1. The molecule has 0 fully saturated rings. The van der Waals surface area contributed by atoms with Gasteiger partial charge in [0.15, 0.2) is 0 Å². The summed E-state index contributed by atoms with van der Waals surface area (Å²) in [5.74, 6) is -1.12. The van der Waals surface area contributed by atoms with Crippen molar-refractivity contribution in [2.75, 3.05) is 0 Å². The molecule has 0 spiro atoms. The van der Waals surface area contributed by atoms with E-state index in [1.54, 1.807) is 13.8 Å². The van der Waals surface area contributed by atoms with Gasteiger partial charge in [-0.3, -0.25) is 4.79 Å². The lowest BCUT2D eigenvalue weighted by atomic mass is 9.99. The predicted octanol–water partition coefficient (Wildman–Crippen LogP) is 1.79. The van der Waals surface area contributed by atoms with Gasteiger partial charge >= 0.3 is 6.18 Å². The lowest BCUT2D eigenvalue weighted by molar-refractivity contribution is -0.302. The van der Waals surface area contributed by atoms with Crippen molar-refractivity contribution in [3.8, 4) is 6.07 Å². The van der Waals surface area contributed by atoms with E-state index in [2.05, 4.69) is 5.10 Å². The molecular formula is C11H14F3N3O2. The summed E-state index contributed by atoms with van der Waals surface area (Å²) in [5, 5.41) is 21.6. The fourth-order valence-corrected chi connectivity index (χ4v) is 1.83. The number of nitriles is 1. The highest BCUT2D eigenvalue weighted by Gasteiger charge is 2.62. The van der Waals surface area contributed by atoms with Crippen molar-refractivity contribution < 1.29 is 23.1 Å². The summed E-state index contributed by atoms with van der Waals surface area (Å²) in [7, 11) is 0. The highest BCUT2D eigenvalue weighted by molar-refractivity contribution is 5.91. The Kier molecular flexibility index (Phi) is 4.20. The number of halogens is 3. The quantitative estimate of drug-likeness (QED) is 0.854. The van der Waals surface area contributed by atoms with E-state index in [9.17, 15) is 23.1 Å². The van der Waals surface area contributed by atoms with Crippen LogP contribution in [0, 0.1) is 17.2 Å². The number of nitrogens with zero attached hydrogens (tertiary/aromatic N) is 3. The first-order valence-electron chi connectivity index (χ1n) is 5.67. The largest absolute Gasteiger partial charge is 0.438 e. The molecule has 106 valence electrons. The second kappa shape index (κ2) is 5.17. The summed E-state index contributed by atoms with van der Waals surface area (Å²) in [5.41, 5.74) is -3.24. The van der Waals surface area contributed by atoms with Crippen molar-refractivity contribution in [3.05, 3.63) is 0 Å². The predicted molar refractivity (Wildman–Crippen MR) is 59.6 cm³/mol. The Morgan fingerprint density at radius 1 is 1.63 bits per heavy atom. The Morgan fingerprint density at radius 3 is 2.63 bits per heavy atom. The number of hydrogen-bond donors (Lipinski definition) is 1. The van der Waals surface area contributed by atoms with Gasteiger partial charge in [0.25, 0.3) is 11.6 Å². The van der Waals surface area contributed by atoms with Crippen LogP contribution in [-0.4, -0.2) is 33.6 Å². The Labute approximate surface area is 108 Å². The van der Waals surface area contributed by atoms with Gasteiger partial charge in [-0.25, -0.2) is 0 Å². The first-order valence-corrected chi connectivity index (χ1v) is 5.67. The Morgan fingerprint density at radius 2 is 2.21 bits per heavy atom. The SMILES string of the molecule is CC(C)CC1=NN(C(=O)CC#N)[C@@](O)(C(F)(F)F)C1. The Bertz CT molecular complexity index is 439. The van der Waals surface area contributed by atoms with E-state index in [1.807, 2.05) is 0 Å². The molecule has 0 aromatic carbocycles. The topological polar surface area (TPSA) is 76.7 Å². The summed E-state index contributed by atoms with van der Waals surface area (Å²) in [6, 6.07) is 1.45. The molecule has 1 heterocycles. The number of hydrazone groups is 1. The molecule has 0 aromatic rings. The third-order valence-corrected chi connectivity index (χ3v) is 2.61. The maximum Gasteiger partial charge on any atom is 0.438 e. The molecular weight excluding hydrogens is 263 g/mol. The zero-order valence-electron chi connectivity index (χ0n) is 10.5. The van der Waals surface area contributed by atoms with Gasteiger partial charge in [0.05, 0.1) is 6.07 Å². The normalized spacial score (nSPS) is 23.5. The second-order valence-electron chi connectivity index (χ2n) is 4.80. The number of rotatable bonds is 3. The van der Waals surface area contributed by atoms with Gasteiger partial charge < -0.3 is 5.11 Å². The molecule has 0 saturated carbocycles. The van der Waals surface area contributed by atoms with Gasteiger partial charge in [0.1, 0.15) is 6.42 Å². The van der Waals surface area contributed by atoms with Crippen LogP contribution in [0.15, 0.2) is 5.10 Å². The first kappa shape index (κ1) is 15.4. The van der Waals surface area contributed by atoms with E-state index < -0.39 is 30.7 Å². The van der Waals surface area contributed by atoms with Gasteiger partial charge in [-0.15, -0.1) is 0 Å². The molecule has 19 heavy (non-hydrogen) atoms. The van der Waals surface area contributed by atoms with Crippen molar-refractivity contribution in [3.63, 3.8) is 0 Å². The lowest BCUT2D eigenvalue weighted by Crippen LogP contribution is -2.56. The van der Waals surface area contributed by atoms with E-state index in [0.29, 0.717) is 0 Å². The summed E-state index contributed by atoms with van der Waals surface area (Å²) in [6.45, 7) is 3.57. The van der Waals surface area contributed by atoms with Crippen LogP contribution in [0.25, 0.3) is 0 Å². The molecule has 1 amide bonds. The summed E-state index contributed by atoms with van der Waals surface area (Å²) >= 11 is 0. The first-order chi connectivity index (χ1) is 8.61. The highest BCUT2D eigenvalue weighted by Crippen LogP contribution is 2.41. The maximum atomic E-state index is 12.9. The summed E-state index contributed by atoms with van der Waals surface area (Å²) in [6.07, 6.45) is -6.32. The van der Waals surface area contributed by atoms with Crippen molar-refractivity contribution in [2.24, 2.45) is 11.0 Å². The molecule has 1 N–H and O–H groups in total. The molecule has 1 atom stereocenters. The zero-order valence-corrected chi connectivity index (χ0v) is 10.5. The van der Waals surface area contributed by atoms with Crippen molar-refractivity contribution >= 4 is 11.6 Å². The van der Waals surface area contributed by atoms with E-state index >= 15 is 0 Å². The molecule has 1 aliphatic heterocycles. The van der Waals surface area contributed by atoms with E-state index in [1.165, 1.54) is 6.07 Å². The molecule has 5 nitrogen and oxygen atoms in total. The number of alkyl halides is 3. The van der Waals surface area contributed by atoms with Gasteiger partial charge in [-0.05, 0) is 12.3 Å². The van der Waals surface area contributed by atoms with Crippen molar-refractivity contribution in [1.29, 1.82) is 5.26 Å². The molecule has 1 aliphatic rings. The van der Waals surface area contributed by atoms with Crippen LogP contribution in [0.5, 0.6) is 0 Å². The number of aliphatic hydroxyl groups is 1. The third kappa shape index (κ3) is 3.04. The van der Waals surface area contributed by atoms with Crippen LogP contribution < -0.4 is 0 Å². The number of amides is 1. The molecule has 0 radical (unpaired) electrons. The summed E-state index contributed by atoms with van der Waals surface area (Å²) < 4.78 is 38.7. The van der Waals surface area contributed by atoms with Crippen LogP contribution in [0.3, 0.4) is 0 Å². The standard InChI is InChI=1S/C11H14F3N3O2/c1-7(2)5-8-6-10(19,11(12,13)14)17(16-8)9(18)3-4-15/h7,19H,3,5-6H2,1-2H3/t10-/m0/s1. The molecule has 1 rings (SSSR count). The minimum Gasteiger partial charge on any atom is -0.362 e. The van der Waals surface area contributed by atoms with Crippen LogP contribution in [-0.2, 0) is 4.79 Å².